The summed E-state index contributed by atoms with van der Waals surface area (Å²) in [6.45, 7) is 14.3. The van der Waals surface area contributed by atoms with Crippen molar-refractivity contribution < 1.29 is 23.9 Å². The smallest absolute Gasteiger partial charge is 0.408 e. The third-order valence-electron chi connectivity index (χ3n) is 5.00. The Hall–Kier alpha value is -2.33. The highest BCUT2D eigenvalue weighted by Crippen LogP contribution is 2.23. The van der Waals surface area contributed by atoms with Crippen molar-refractivity contribution in [3.05, 3.63) is 23.9 Å². The van der Waals surface area contributed by atoms with E-state index in [9.17, 15) is 14.4 Å². The van der Waals surface area contributed by atoms with Crippen molar-refractivity contribution in [2.24, 2.45) is 0 Å². The van der Waals surface area contributed by atoms with Gasteiger partial charge >= 0.3 is 12.1 Å². The number of thioether (sulfide) groups is 1. The Bertz CT molecular complexity index is 819. The Balaban J connectivity index is 2.14. The molecule has 1 atom stereocenters. The molecule has 0 saturated carbocycles. The van der Waals surface area contributed by atoms with Gasteiger partial charge in [0.2, 0.25) is 5.91 Å². The molecule has 33 heavy (non-hydrogen) atoms. The van der Waals surface area contributed by atoms with Gasteiger partial charge in [-0.3, -0.25) is 9.69 Å². The number of carbonyl (C=O) groups is 3. The zero-order valence-corrected chi connectivity index (χ0v) is 21.2. The van der Waals surface area contributed by atoms with Gasteiger partial charge in [0.25, 0.3) is 0 Å². The SMILES string of the molecule is CCOC(=O)c1cccnc1SCC(NC(=O)OC(C)(C)C)C(=O)N1CCN(C(C)C)CC1. The third-order valence-corrected chi connectivity index (χ3v) is 6.10. The summed E-state index contributed by atoms with van der Waals surface area (Å²) in [7, 11) is 0. The van der Waals surface area contributed by atoms with Crippen molar-refractivity contribution in [1.29, 1.82) is 0 Å². The Morgan fingerprint density at radius 1 is 1.18 bits per heavy atom. The first kappa shape index (κ1) is 26.9. The molecule has 10 heteroatoms. The maximum absolute atomic E-state index is 13.3. The van der Waals surface area contributed by atoms with Gasteiger partial charge in [0.1, 0.15) is 16.7 Å². The van der Waals surface area contributed by atoms with Crippen LogP contribution in [0.15, 0.2) is 23.4 Å². The minimum absolute atomic E-state index is 0.176. The van der Waals surface area contributed by atoms with Crippen molar-refractivity contribution in [3.8, 4) is 0 Å². The van der Waals surface area contributed by atoms with E-state index in [4.69, 9.17) is 9.47 Å². The number of amides is 2. The number of ether oxygens (including phenoxy) is 2. The minimum Gasteiger partial charge on any atom is -0.462 e. The van der Waals surface area contributed by atoms with Gasteiger partial charge in [-0.2, -0.15) is 0 Å². The number of nitrogens with one attached hydrogen (secondary N) is 1. The predicted octanol–water partition coefficient (Wildman–Crippen LogP) is 2.80. The van der Waals surface area contributed by atoms with E-state index in [1.807, 2.05) is 0 Å². The lowest BCUT2D eigenvalue weighted by Gasteiger charge is -2.38. The lowest BCUT2D eigenvalue weighted by atomic mass is 10.2. The zero-order chi connectivity index (χ0) is 24.6. The fourth-order valence-electron chi connectivity index (χ4n) is 3.34. The molecule has 1 saturated heterocycles. The first-order chi connectivity index (χ1) is 15.5. The summed E-state index contributed by atoms with van der Waals surface area (Å²) < 4.78 is 10.5. The van der Waals surface area contributed by atoms with E-state index in [2.05, 4.69) is 29.0 Å². The van der Waals surface area contributed by atoms with E-state index in [1.165, 1.54) is 11.8 Å². The van der Waals surface area contributed by atoms with Crippen LogP contribution in [0.4, 0.5) is 4.79 Å². The molecule has 0 aromatic carbocycles. The summed E-state index contributed by atoms with van der Waals surface area (Å²) in [5.41, 5.74) is -0.357. The molecule has 0 aliphatic carbocycles. The number of esters is 1. The fraction of sp³-hybridized carbons (Fsp3) is 0.652. The second-order valence-corrected chi connectivity index (χ2v) is 10.1. The highest BCUT2D eigenvalue weighted by atomic mass is 32.2. The van der Waals surface area contributed by atoms with Gasteiger partial charge in [-0.15, -0.1) is 11.8 Å². The Morgan fingerprint density at radius 2 is 1.85 bits per heavy atom. The van der Waals surface area contributed by atoms with E-state index in [-0.39, 0.29) is 18.3 Å². The van der Waals surface area contributed by atoms with Crippen LogP contribution in [0.5, 0.6) is 0 Å². The second-order valence-electron chi connectivity index (χ2n) is 9.04. The van der Waals surface area contributed by atoms with E-state index < -0.39 is 23.7 Å². The van der Waals surface area contributed by atoms with Gasteiger partial charge in [-0.25, -0.2) is 14.6 Å². The van der Waals surface area contributed by atoms with Crippen molar-refractivity contribution in [2.45, 2.75) is 64.3 Å². The number of hydrogen-bond acceptors (Lipinski definition) is 8. The van der Waals surface area contributed by atoms with E-state index in [0.717, 1.165) is 13.1 Å². The van der Waals surface area contributed by atoms with Crippen LogP contribution in [0.1, 0.15) is 51.9 Å². The van der Waals surface area contributed by atoms with Crippen LogP contribution < -0.4 is 5.32 Å². The highest BCUT2D eigenvalue weighted by Gasteiger charge is 2.31. The van der Waals surface area contributed by atoms with Crippen LogP contribution in [-0.2, 0) is 14.3 Å². The Morgan fingerprint density at radius 3 is 2.42 bits per heavy atom. The van der Waals surface area contributed by atoms with Crippen LogP contribution in [0.3, 0.4) is 0 Å². The average Bonchev–Trinajstić information content (AvgIpc) is 2.75. The number of aromatic nitrogens is 1. The molecule has 1 aromatic rings. The van der Waals surface area contributed by atoms with Gasteiger partial charge in [0.05, 0.1) is 12.2 Å². The monoisotopic (exact) mass is 480 g/mol. The lowest BCUT2D eigenvalue weighted by molar-refractivity contribution is -0.134. The number of alkyl carbamates (subject to hydrolysis) is 1. The summed E-state index contributed by atoms with van der Waals surface area (Å²) in [6.07, 6.45) is 0.919. The number of piperazine rings is 1. The molecule has 1 fully saturated rings. The number of carbonyl (C=O) groups excluding carboxylic acids is 3. The standard InChI is InChI=1S/C23H36N4O5S/c1-7-31-21(29)17-9-8-10-24-19(17)33-15-18(25-22(30)32-23(4,5)6)20(28)27-13-11-26(12-14-27)16(2)3/h8-10,16,18H,7,11-15H2,1-6H3,(H,25,30). The molecule has 0 bridgehead atoms. The summed E-state index contributed by atoms with van der Waals surface area (Å²) in [5.74, 6) is -0.447. The summed E-state index contributed by atoms with van der Waals surface area (Å²) in [5, 5.41) is 3.17. The van der Waals surface area contributed by atoms with Crippen LogP contribution in [0, 0.1) is 0 Å². The maximum atomic E-state index is 13.3. The topological polar surface area (TPSA) is 101 Å². The predicted molar refractivity (Wildman–Crippen MR) is 127 cm³/mol. The maximum Gasteiger partial charge on any atom is 0.408 e. The molecular weight excluding hydrogens is 444 g/mol. The molecule has 1 aromatic heterocycles. The van der Waals surface area contributed by atoms with Crippen molar-refractivity contribution in [3.63, 3.8) is 0 Å². The molecule has 1 N–H and O–H groups in total. The average molecular weight is 481 g/mol. The number of pyridine rings is 1. The van der Waals surface area contributed by atoms with Crippen molar-refractivity contribution in [1.82, 2.24) is 20.1 Å². The molecule has 2 heterocycles. The fourth-order valence-corrected chi connectivity index (χ4v) is 4.33. The Labute approximate surface area is 200 Å². The molecule has 0 spiro atoms. The lowest BCUT2D eigenvalue weighted by Crippen LogP contribution is -2.57. The largest absolute Gasteiger partial charge is 0.462 e. The first-order valence-electron chi connectivity index (χ1n) is 11.3. The molecule has 1 aliphatic rings. The van der Waals surface area contributed by atoms with Crippen LogP contribution >= 0.6 is 11.8 Å². The minimum atomic E-state index is -0.826. The van der Waals surface area contributed by atoms with Gasteiger partial charge in [0, 0.05) is 44.2 Å². The summed E-state index contributed by atoms with van der Waals surface area (Å²) >= 11 is 1.23. The van der Waals surface area contributed by atoms with Gasteiger partial charge in [-0.05, 0) is 53.7 Å². The van der Waals surface area contributed by atoms with Gasteiger partial charge in [-0.1, -0.05) is 0 Å². The van der Waals surface area contributed by atoms with E-state index >= 15 is 0 Å². The molecule has 184 valence electrons. The molecule has 9 nitrogen and oxygen atoms in total. The molecule has 1 unspecified atom stereocenters. The highest BCUT2D eigenvalue weighted by molar-refractivity contribution is 7.99. The number of rotatable bonds is 8. The van der Waals surface area contributed by atoms with Crippen molar-refractivity contribution in [2.75, 3.05) is 38.5 Å². The van der Waals surface area contributed by atoms with Crippen LogP contribution in [0.2, 0.25) is 0 Å². The molecule has 0 radical (unpaired) electrons. The van der Waals surface area contributed by atoms with E-state index in [0.29, 0.717) is 29.7 Å². The molecule has 1 aliphatic heterocycles. The normalized spacial score (nSPS) is 15.8. The summed E-state index contributed by atoms with van der Waals surface area (Å²) in [4.78, 5) is 46.4. The Kier molecular flexibility index (Phi) is 9.97. The molecule has 2 rings (SSSR count). The third kappa shape index (κ3) is 8.51. The number of nitrogens with zero attached hydrogens (tertiary/aromatic N) is 3. The first-order valence-corrected chi connectivity index (χ1v) is 12.3. The van der Waals surface area contributed by atoms with E-state index in [1.54, 1.807) is 50.9 Å². The number of hydrogen-bond donors (Lipinski definition) is 1. The molecule has 2 amide bonds. The van der Waals surface area contributed by atoms with Gasteiger partial charge in [0.15, 0.2) is 0 Å². The molecular formula is C23H36N4O5S. The second kappa shape index (κ2) is 12.2. The van der Waals surface area contributed by atoms with Gasteiger partial charge < -0.3 is 19.7 Å². The van der Waals surface area contributed by atoms with Crippen LogP contribution in [0.25, 0.3) is 0 Å². The summed E-state index contributed by atoms with van der Waals surface area (Å²) in [6, 6.07) is 2.88. The van der Waals surface area contributed by atoms with Crippen molar-refractivity contribution >= 4 is 29.7 Å². The van der Waals surface area contributed by atoms with Crippen LogP contribution in [-0.4, -0.2) is 89.0 Å². The zero-order valence-electron chi connectivity index (χ0n) is 20.4. The quantitative estimate of drug-likeness (QED) is 0.448.